The van der Waals surface area contributed by atoms with Crippen molar-refractivity contribution in [1.29, 1.82) is 0 Å². The third kappa shape index (κ3) is 9.75. The van der Waals surface area contributed by atoms with Gasteiger partial charge >= 0.3 is 0 Å². The Morgan fingerprint density at radius 2 is 1.18 bits per heavy atom. The summed E-state index contributed by atoms with van der Waals surface area (Å²) in [4.78, 5) is 25.0. The molecule has 1 rings (SSSR count). The van der Waals surface area contributed by atoms with E-state index in [1.165, 1.54) is 0 Å². The van der Waals surface area contributed by atoms with Gasteiger partial charge in [-0.15, -0.1) is 0 Å². The second kappa shape index (κ2) is 13.1. The lowest BCUT2D eigenvalue weighted by Gasteiger charge is -2.27. The van der Waals surface area contributed by atoms with Gasteiger partial charge in [0.15, 0.2) is 11.6 Å². The van der Waals surface area contributed by atoms with Crippen LogP contribution in [0.4, 0.5) is 0 Å². The highest BCUT2D eigenvalue weighted by Gasteiger charge is 2.30. The average Bonchev–Trinajstić information content (AvgIpc) is 2.74. The molecule has 1 aliphatic carbocycles. The van der Waals surface area contributed by atoms with E-state index in [0.29, 0.717) is 60.3 Å². The molecule has 3 unspecified atom stereocenters. The molecule has 0 aromatic rings. The van der Waals surface area contributed by atoms with Crippen LogP contribution in [0.3, 0.4) is 0 Å². The summed E-state index contributed by atoms with van der Waals surface area (Å²) in [6.45, 7) is 15.0. The Bertz CT molecular complexity index is 769. The first kappa shape index (κ1) is 30.7. The van der Waals surface area contributed by atoms with Crippen molar-refractivity contribution in [2.75, 3.05) is 0 Å². The number of hydrogen-bond donors (Lipinski definition) is 3. The molecule has 5 heteroatoms. The average molecular weight is 479 g/mol. The van der Waals surface area contributed by atoms with Gasteiger partial charge in [0.25, 0.3) is 0 Å². The molecular weight excluding hydrogens is 428 g/mol. The largest absolute Gasteiger partial charge is 0.393 e. The van der Waals surface area contributed by atoms with Crippen LogP contribution >= 0.6 is 0 Å². The van der Waals surface area contributed by atoms with Gasteiger partial charge in [-0.2, -0.15) is 0 Å². The minimum Gasteiger partial charge on any atom is -0.393 e. The summed E-state index contributed by atoms with van der Waals surface area (Å²) in [5.41, 5.74) is 0.509. The SMILES string of the molecule is CC1=C(C)C(=O)C(CCC(C)(O)CCCC(C)CCCC(C)(O)CC[C@H](O)C(C)C)=C(C)C1=O. The maximum Gasteiger partial charge on any atom is 0.185 e. The van der Waals surface area contributed by atoms with Crippen LogP contribution in [0.1, 0.15) is 120 Å². The molecule has 0 aliphatic heterocycles. The van der Waals surface area contributed by atoms with Crippen molar-refractivity contribution >= 4 is 11.6 Å². The molecule has 0 saturated heterocycles. The van der Waals surface area contributed by atoms with E-state index in [2.05, 4.69) is 6.92 Å². The first-order chi connectivity index (χ1) is 15.6. The van der Waals surface area contributed by atoms with Crippen molar-refractivity contribution in [2.45, 2.75) is 137 Å². The molecule has 34 heavy (non-hydrogen) atoms. The van der Waals surface area contributed by atoms with Crippen molar-refractivity contribution in [2.24, 2.45) is 11.8 Å². The molecule has 0 saturated carbocycles. The van der Waals surface area contributed by atoms with Crippen LogP contribution in [0.5, 0.6) is 0 Å². The number of carbonyl (C=O) groups is 2. The summed E-state index contributed by atoms with van der Waals surface area (Å²) >= 11 is 0. The zero-order chi connectivity index (χ0) is 26.3. The van der Waals surface area contributed by atoms with Gasteiger partial charge in [0.2, 0.25) is 0 Å². The molecular formula is C29H50O5. The quantitative estimate of drug-likeness (QED) is 0.257. The van der Waals surface area contributed by atoms with Crippen LogP contribution in [0.15, 0.2) is 22.3 Å². The summed E-state index contributed by atoms with van der Waals surface area (Å²) in [5.74, 6) is 0.597. The highest BCUT2D eigenvalue weighted by Crippen LogP contribution is 2.31. The van der Waals surface area contributed by atoms with Crippen LogP contribution in [0.25, 0.3) is 0 Å². The summed E-state index contributed by atoms with van der Waals surface area (Å²) in [5, 5.41) is 31.4. The second-order valence-electron chi connectivity index (χ2n) is 11.7. The molecule has 4 atom stereocenters. The molecule has 0 radical (unpaired) electrons. The molecule has 1 aliphatic rings. The summed E-state index contributed by atoms with van der Waals surface area (Å²) in [6.07, 6.45) is 7.02. The fraction of sp³-hybridized carbons (Fsp3) is 0.793. The zero-order valence-electron chi connectivity index (χ0n) is 23.0. The van der Waals surface area contributed by atoms with Gasteiger partial charge in [0.05, 0.1) is 17.3 Å². The molecule has 0 fully saturated rings. The number of allylic oxidation sites excluding steroid dienone is 4. The molecule has 0 spiro atoms. The monoisotopic (exact) mass is 478 g/mol. The lowest BCUT2D eigenvalue weighted by atomic mass is 9.81. The molecule has 196 valence electrons. The molecule has 0 aromatic carbocycles. The highest BCUT2D eigenvalue weighted by molar-refractivity contribution is 6.24. The Morgan fingerprint density at radius 3 is 1.68 bits per heavy atom. The maximum atomic E-state index is 12.6. The number of aliphatic hydroxyl groups excluding tert-OH is 1. The fourth-order valence-electron chi connectivity index (χ4n) is 4.70. The number of Topliss-reactive ketones (excluding diaryl/α,β-unsaturated/α-hetero) is 2. The van der Waals surface area contributed by atoms with Crippen LogP contribution in [-0.4, -0.2) is 44.2 Å². The van der Waals surface area contributed by atoms with E-state index in [4.69, 9.17) is 0 Å². The van der Waals surface area contributed by atoms with Crippen LogP contribution < -0.4 is 0 Å². The van der Waals surface area contributed by atoms with Crippen molar-refractivity contribution in [3.05, 3.63) is 22.3 Å². The van der Waals surface area contributed by atoms with Gasteiger partial charge in [-0.1, -0.05) is 46.5 Å². The van der Waals surface area contributed by atoms with Crippen molar-refractivity contribution in [1.82, 2.24) is 0 Å². The number of carbonyl (C=O) groups excluding carboxylic acids is 2. The first-order valence-corrected chi connectivity index (χ1v) is 13.2. The van der Waals surface area contributed by atoms with E-state index in [1.807, 2.05) is 27.7 Å². The third-order valence-electron chi connectivity index (χ3n) is 7.80. The van der Waals surface area contributed by atoms with Crippen LogP contribution in [0, 0.1) is 11.8 Å². The summed E-state index contributed by atoms with van der Waals surface area (Å²) in [7, 11) is 0. The van der Waals surface area contributed by atoms with Crippen LogP contribution in [0.2, 0.25) is 0 Å². The Labute approximate surface area is 207 Å². The van der Waals surface area contributed by atoms with Gasteiger partial charge in [-0.05, 0) is 85.0 Å². The smallest absolute Gasteiger partial charge is 0.185 e. The lowest BCUT2D eigenvalue weighted by Crippen LogP contribution is -2.27. The molecule has 0 bridgehead atoms. The number of ketones is 2. The minimum absolute atomic E-state index is 0.0596. The van der Waals surface area contributed by atoms with E-state index < -0.39 is 11.2 Å². The van der Waals surface area contributed by atoms with Gasteiger partial charge in [0, 0.05) is 22.3 Å². The van der Waals surface area contributed by atoms with Crippen molar-refractivity contribution in [3.8, 4) is 0 Å². The van der Waals surface area contributed by atoms with E-state index in [1.54, 1.807) is 20.8 Å². The number of aliphatic hydroxyl groups is 3. The Morgan fingerprint density at radius 1 is 0.706 bits per heavy atom. The van der Waals surface area contributed by atoms with E-state index in [0.717, 1.165) is 32.1 Å². The summed E-state index contributed by atoms with van der Waals surface area (Å²) < 4.78 is 0. The Hall–Kier alpha value is -1.30. The Balaban J connectivity index is 2.38. The first-order valence-electron chi connectivity index (χ1n) is 13.2. The third-order valence-corrected chi connectivity index (χ3v) is 7.80. The zero-order valence-corrected chi connectivity index (χ0v) is 23.0. The topological polar surface area (TPSA) is 94.8 Å². The molecule has 0 heterocycles. The van der Waals surface area contributed by atoms with E-state index in [-0.39, 0.29) is 23.6 Å². The van der Waals surface area contributed by atoms with Crippen LogP contribution in [-0.2, 0) is 9.59 Å². The van der Waals surface area contributed by atoms with Gasteiger partial charge in [-0.3, -0.25) is 9.59 Å². The standard InChI is InChI=1S/C29H50O5/c1-19(2)25(30)14-18-29(8,34)16-10-12-20(3)11-9-15-28(7,33)17-13-24-23(6)26(31)21(4)22(5)27(24)32/h19-20,25,30,33-34H,9-18H2,1-8H3/t20?,25-,28?,29?/m0/s1. The second-order valence-corrected chi connectivity index (χ2v) is 11.7. The van der Waals surface area contributed by atoms with Gasteiger partial charge < -0.3 is 15.3 Å². The predicted octanol–water partition coefficient (Wildman–Crippen LogP) is 5.85. The van der Waals surface area contributed by atoms with Gasteiger partial charge in [0.1, 0.15) is 0 Å². The number of rotatable bonds is 15. The maximum absolute atomic E-state index is 12.6. The normalized spacial score (nSPS) is 20.6. The molecule has 0 amide bonds. The lowest BCUT2D eigenvalue weighted by molar-refractivity contribution is -0.116. The predicted molar refractivity (Wildman–Crippen MR) is 139 cm³/mol. The number of hydrogen-bond acceptors (Lipinski definition) is 5. The van der Waals surface area contributed by atoms with E-state index in [9.17, 15) is 24.9 Å². The molecule has 3 N–H and O–H groups in total. The van der Waals surface area contributed by atoms with Crippen molar-refractivity contribution in [3.63, 3.8) is 0 Å². The molecule has 0 aromatic heterocycles. The Kier molecular flexibility index (Phi) is 11.9. The highest BCUT2D eigenvalue weighted by atomic mass is 16.3. The van der Waals surface area contributed by atoms with Gasteiger partial charge in [-0.25, -0.2) is 0 Å². The molecule has 5 nitrogen and oxygen atoms in total. The summed E-state index contributed by atoms with van der Waals surface area (Å²) in [6, 6.07) is 0. The minimum atomic E-state index is -0.874. The van der Waals surface area contributed by atoms with Crippen molar-refractivity contribution < 1.29 is 24.9 Å². The fourth-order valence-corrected chi connectivity index (χ4v) is 4.70. The van der Waals surface area contributed by atoms with E-state index >= 15 is 0 Å².